The van der Waals surface area contributed by atoms with Gasteiger partial charge in [-0.2, -0.15) is 0 Å². The predicted octanol–water partition coefficient (Wildman–Crippen LogP) is 3.19. The van der Waals surface area contributed by atoms with Crippen molar-refractivity contribution in [3.05, 3.63) is 36.4 Å². The Bertz CT molecular complexity index is 876. The lowest BCUT2D eigenvalue weighted by molar-refractivity contribution is -0.115. The Labute approximate surface area is 162 Å². The standard InChI is InChI=1S/C20H22N4O4/c1-11(25)21-15-5-7-17(19(9-15)23-13(3)27)18-8-6-16(22-12(2)26)10-20(18)24-14(4)28/h5-10H,1-4H3,(H,21,25)(H,22,26)(H,23,27)(H,24,28). The van der Waals surface area contributed by atoms with Crippen molar-refractivity contribution in [1.29, 1.82) is 0 Å². The number of rotatable bonds is 5. The molecule has 0 fully saturated rings. The fraction of sp³-hybridized carbons (Fsp3) is 0.200. The molecule has 0 unspecified atom stereocenters. The number of amides is 4. The molecule has 0 aliphatic heterocycles. The predicted molar refractivity (Wildman–Crippen MR) is 109 cm³/mol. The van der Waals surface area contributed by atoms with Crippen LogP contribution in [-0.2, 0) is 19.2 Å². The van der Waals surface area contributed by atoms with Gasteiger partial charge in [-0.1, -0.05) is 12.1 Å². The number of hydrogen-bond donors (Lipinski definition) is 4. The molecule has 0 radical (unpaired) electrons. The summed E-state index contributed by atoms with van der Waals surface area (Å²) in [7, 11) is 0. The molecule has 0 aliphatic rings. The van der Waals surface area contributed by atoms with Crippen LogP contribution in [-0.4, -0.2) is 23.6 Å². The van der Waals surface area contributed by atoms with E-state index >= 15 is 0 Å². The summed E-state index contributed by atoms with van der Waals surface area (Å²) in [6.45, 7) is 5.54. The summed E-state index contributed by atoms with van der Waals surface area (Å²) in [6, 6.07) is 10.1. The van der Waals surface area contributed by atoms with Gasteiger partial charge >= 0.3 is 0 Å². The summed E-state index contributed by atoms with van der Waals surface area (Å²) in [5, 5.41) is 10.8. The van der Waals surface area contributed by atoms with E-state index in [1.165, 1.54) is 27.7 Å². The molecule has 0 aliphatic carbocycles. The quantitative estimate of drug-likeness (QED) is 0.635. The minimum absolute atomic E-state index is 0.236. The Morgan fingerprint density at radius 3 is 1.14 bits per heavy atom. The van der Waals surface area contributed by atoms with Crippen molar-refractivity contribution in [1.82, 2.24) is 0 Å². The van der Waals surface area contributed by atoms with Gasteiger partial charge in [0.15, 0.2) is 0 Å². The van der Waals surface area contributed by atoms with Crippen molar-refractivity contribution >= 4 is 46.4 Å². The monoisotopic (exact) mass is 382 g/mol. The average Bonchev–Trinajstić information content (AvgIpc) is 2.54. The number of nitrogens with one attached hydrogen (secondary N) is 4. The van der Waals surface area contributed by atoms with Crippen LogP contribution < -0.4 is 21.3 Å². The Balaban J connectivity index is 2.60. The first-order chi connectivity index (χ1) is 13.2. The van der Waals surface area contributed by atoms with Crippen LogP contribution >= 0.6 is 0 Å². The van der Waals surface area contributed by atoms with E-state index in [9.17, 15) is 19.2 Å². The molecule has 2 aromatic rings. The maximum Gasteiger partial charge on any atom is 0.221 e. The van der Waals surface area contributed by atoms with Crippen LogP contribution in [0.5, 0.6) is 0 Å². The maximum atomic E-state index is 11.7. The Morgan fingerprint density at radius 1 is 0.536 bits per heavy atom. The van der Waals surface area contributed by atoms with E-state index in [-0.39, 0.29) is 23.6 Å². The molecule has 0 bridgehead atoms. The summed E-state index contributed by atoms with van der Waals surface area (Å²) in [5.41, 5.74) is 3.27. The molecular formula is C20H22N4O4. The summed E-state index contributed by atoms with van der Waals surface area (Å²) >= 11 is 0. The van der Waals surface area contributed by atoms with Gasteiger partial charge in [0.05, 0.1) is 11.4 Å². The highest BCUT2D eigenvalue weighted by Crippen LogP contribution is 2.37. The van der Waals surface area contributed by atoms with Crippen molar-refractivity contribution in [2.24, 2.45) is 0 Å². The molecular weight excluding hydrogens is 360 g/mol. The SMILES string of the molecule is CC(=O)Nc1ccc(-c2ccc(NC(C)=O)cc2NC(C)=O)c(NC(C)=O)c1. The van der Waals surface area contributed by atoms with Gasteiger partial charge in [0.25, 0.3) is 0 Å². The second kappa shape index (κ2) is 8.81. The van der Waals surface area contributed by atoms with Crippen LogP contribution in [0, 0.1) is 0 Å². The fourth-order valence-electron chi connectivity index (χ4n) is 2.71. The van der Waals surface area contributed by atoms with Gasteiger partial charge in [-0.05, 0) is 24.3 Å². The van der Waals surface area contributed by atoms with Gasteiger partial charge in [-0.3, -0.25) is 19.2 Å². The van der Waals surface area contributed by atoms with Crippen molar-refractivity contribution in [2.45, 2.75) is 27.7 Å². The zero-order valence-electron chi connectivity index (χ0n) is 16.1. The summed E-state index contributed by atoms with van der Waals surface area (Å²) < 4.78 is 0. The van der Waals surface area contributed by atoms with Crippen LogP contribution in [0.25, 0.3) is 11.1 Å². The minimum Gasteiger partial charge on any atom is -0.326 e. The Morgan fingerprint density at radius 2 is 0.857 bits per heavy atom. The first kappa shape index (κ1) is 20.6. The van der Waals surface area contributed by atoms with Gasteiger partial charge < -0.3 is 21.3 Å². The van der Waals surface area contributed by atoms with Crippen LogP contribution in [0.1, 0.15) is 27.7 Å². The molecule has 0 aromatic heterocycles. The first-order valence-electron chi connectivity index (χ1n) is 8.54. The lowest BCUT2D eigenvalue weighted by Crippen LogP contribution is -2.12. The van der Waals surface area contributed by atoms with E-state index < -0.39 is 0 Å². The van der Waals surface area contributed by atoms with E-state index in [2.05, 4.69) is 21.3 Å². The number of carbonyl (C=O) groups excluding carboxylic acids is 4. The number of carbonyl (C=O) groups is 4. The third kappa shape index (κ3) is 5.66. The minimum atomic E-state index is -0.280. The number of hydrogen-bond acceptors (Lipinski definition) is 4. The van der Waals surface area contributed by atoms with Gasteiger partial charge in [0.1, 0.15) is 0 Å². The lowest BCUT2D eigenvalue weighted by atomic mass is 10.00. The van der Waals surface area contributed by atoms with Crippen molar-refractivity contribution < 1.29 is 19.2 Å². The van der Waals surface area contributed by atoms with Crippen LogP contribution in [0.2, 0.25) is 0 Å². The molecule has 8 heteroatoms. The first-order valence-corrected chi connectivity index (χ1v) is 8.54. The normalized spacial score (nSPS) is 10.0. The molecule has 146 valence electrons. The maximum absolute atomic E-state index is 11.7. The summed E-state index contributed by atoms with van der Waals surface area (Å²) in [4.78, 5) is 45.9. The number of anilines is 4. The van der Waals surface area contributed by atoms with Crippen molar-refractivity contribution in [2.75, 3.05) is 21.3 Å². The Kier molecular flexibility index (Phi) is 6.49. The highest BCUT2D eigenvalue weighted by atomic mass is 16.2. The number of benzene rings is 2. The van der Waals surface area contributed by atoms with E-state index in [0.29, 0.717) is 33.9 Å². The zero-order chi connectivity index (χ0) is 20.8. The van der Waals surface area contributed by atoms with E-state index in [1.807, 2.05) is 0 Å². The molecule has 8 nitrogen and oxygen atoms in total. The summed E-state index contributed by atoms with van der Waals surface area (Å²) in [5.74, 6) is -1.03. The van der Waals surface area contributed by atoms with E-state index in [1.54, 1.807) is 36.4 Å². The third-order valence-electron chi connectivity index (χ3n) is 3.59. The van der Waals surface area contributed by atoms with Gasteiger partial charge in [0, 0.05) is 50.2 Å². The molecule has 0 saturated heterocycles. The second-order valence-corrected chi connectivity index (χ2v) is 6.25. The topological polar surface area (TPSA) is 116 Å². The molecule has 4 N–H and O–H groups in total. The highest BCUT2D eigenvalue weighted by molar-refractivity contribution is 6.02. The molecule has 0 atom stereocenters. The average molecular weight is 382 g/mol. The molecule has 0 spiro atoms. The molecule has 0 heterocycles. The lowest BCUT2D eigenvalue weighted by Gasteiger charge is -2.17. The molecule has 4 amide bonds. The van der Waals surface area contributed by atoms with E-state index in [0.717, 1.165) is 0 Å². The van der Waals surface area contributed by atoms with Gasteiger partial charge in [0.2, 0.25) is 23.6 Å². The van der Waals surface area contributed by atoms with Crippen LogP contribution in [0.4, 0.5) is 22.7 Å². The van der Waals surface area contributed by atoms with Gasteiger partial charge in [-0.15, -0.1) is 0 Å². The zero-order valence-corrected chi connectivity index (χ0v) is 16.1. The molecule has 28 heavy (non-hydrogen) atoms. The van der Waals surface area contributed by atoms with Crippen molar-refractivity contribution in [3.63, 3.8) is 0 Å². The third-order valence-corrected chi connectivity index (χ3v) is 3.59. The highest BCUT2D eigenvalue weighted by Gasteiger charge is 2.14. The van der Waals surface area contributed by atoms with Crippen LogP contribution in [0.15, 0.2) is 36.4 Å². The Hall–Kier alpha value is -3.68. The smallest absolute Gasteiger partial charge is 0.221 e. The van der Waals surface area contributed by atoms with E-state index in [4.69, 9.17) is 0 Å². The van der Waals surface area contributed by atoms with Crippen LogP contribution in [0.3, 0.4) is 0 Å². The largest absolute Gasteiger partial charge is 0.326 e. The second-order valence-electron chi connectivity index (χ2n) is 6.25. The molecule has 0 saturated carbocycles. The molecule has 2 rings (SSSR count). The van der Waals surface area contributed by atoms with Gasteiger partial charge in [-0.25, -0.2) is 0 Å². The van der Waals surface area contributed by atoms with Crippen molar-refractivity contribution in [3.8, 4) is 11.1 Å². The summed E-state index contributed by atoms with van der Waals surface area (Å²) in [6.07, 6.45) is 0. The fourth-order valence-corrected chi connectivity index (χ4v) is 2.71. The molecule has 2 aromatic carbocycles.